The number of carbonyl (C=O) groups is 2. The molecule has 0 aliphatic carbocycles. The van der Waals surface area contributed by atoms with E-state index in [1.54, 1.807) is 18.2 Å². The number of benzene rings is 2. The first-order valence-electron chi connectivity index (χ1n) is 8.94. The van der Waals surface area contributed by atoms with Gasteiger partial charge in [-0.15, -0.1) is 6.42 Å². The van der Waals surface area contributed by atoms with E-state index in [0.717, 1.165) is 5.56 Å². The molecule has 148 valence electrons. The predicted octanol–water partition coefficient (Wildman–Crippen LogP) is 3.95. The third kappa shape index (κ3) is 4.79. The van der Waals surface area contributed by atoms with Crippen LogP contribution in [0.25, 0.3) is 6.08 Å². The molecule has 29 heavy (non-hydrogen) atoms. The molecule has 1 N–H and O–H groups in total. The molecule has 3 rings (SSSR count). The Morgan fingerprint density at radius 2 is 1.90 bits per heavy atom. The second kappa shape index (κ2) is 9.30. The fraction of sp³-hybridized carbons (Fsp3) is 0.182. The maximum absolute atomic E-state index is 12.7. The van der Waals surface area contributed by atoms with Crippen LogP contribution in [0.4, 0.5) is 4.79 Å². The van der Waals surface area contributed by atoms with E-state index < -0.39 is 11.9 Å². The Morgan fingerprint density at radius 1 is 1.17 bits per heavy atom. The van der Waals surface area contributed by atoms with Crippen molar-refractivity contribution in [2.75, 3.05) is 13.2 Å². The summed E-state index contributed by atoms with van der Waals surface area (Å²) in [5.41, 5.74) is 1.71. The lowest BCUT2D eigenvalue weighted by Crippen LogP contribution is -2.30. The second-order valence-electron chi connectivity index (χ2n) is 6.11. The van der Waals surface area contributed by atoms with E-state index in [2.05, 4.69) is 27.2 Å². The van der Waals surface area contributed by atoms with E-state index in [9.17, 15) is 9.59 Å². The number of urea groups is 1. The number of nitrogens with zero attached hydrogens (tertiary/aromatic N) is 1. The van der Waals surface area contributed by atoms with Crippen LogP contribution in [0.3, 0.4) is 0 Å². The molecule has 0 bridgehead atoms. The molecule has 1 saturated heterocycles. The van der Waals surface area contributed by atoms with Gasteiger partial charge in [-0.3, -0.25) is 9.69 Å². The van der Waals surface area contributed by atoms with Crippen LogP contribution >= 0.6 is 15.9 Å². The van der Waals surface area contributed by atoms with Crippen molar-refractivity contribution in [1.29, 1.82) is 0 Å². The Kier molecular flexibility index (Phi) is 6.57. The van der Waals surface area contributed by atoms with E-state index in [-0.39, 0.29) is 18.8 Å². The number of halogens is 1. The second-order valence-corrected chi connectivity index (χ2v) is 6.97. The largest absolute Gasteiger partial charge is 0.490 e. The van der Waals surface area contributed by atoms with Gasteiger partial charge in [0.25, 0.3) is 5.91 Å². The standard InChI is InChI=1S/C22H19BrN2O4/c1-3-10-29-20-13-17(23)16(12-19(20)28-4-2)11-18-21(26)25(22(27)24-18)14-15-8-6-5-7-9-15/h1,5-9,11-13H,4,10,14H2,2H3,(H,24,27)/b18-11+. The topological polar surface area (TPSA) is 67.9 Å². The highest BCUT2D eigenvalue weighted by molar-refractivity contribution is 9.10. The van der Waals surface area contributed by atoms with Gasteiger partial charge in [0.1, 0.15) is 12.3 Å². The van der Waals surface area contributed by atoms with Gasteiger partial charge in [0.15, 0.2) is 11.5 Å². The first-order chi connectivity index (χ1) is 14.0. The minimum absolute atomic E-state index is 0.107. The maximum atomic E-state index is 12.7. The fourth-order valence-electron chi connectivity index (χ4n) is 2.80. The summed E-state index contributed by atoms with van der Waals surface area (Å²) in [6.45, 7) is 2.60. The summed E-state index contributed by atoms with van der Waals surface area (Å²) in [6.07, 6.45) is 6.85. The molecule has 1 heterocycles. The molecule has 2 aromatic rings. The van der Waals surface area contributed by atoms with Gasteiger partial charge in [-0.2, -0.15) is 0 Å². The van der Waals surface area contributed by atoms with E-state index in [0.29, 0.717) is 28.1 Å². The van der Waals surface area contributed by atoms with Gasteiger partial charge in [0, 0.05) is 4.47 Å². The quantitative estimate of drug-likeness (QED) is 0.390. The Bertz CT molecular complexity index is 996. The number of ether oxygens (including phenoxy) is 2. The Balaban J connectivity index is 1.87. The lowest BCUT2D eigenvalue weighted by atomic mass is 10.1. The molecule has 1 fully saturated rings. The van der Waals surface area contributed by atoms with Gasteiger partial charge in [-0.05, 0) is 36.3 Å². The van der Waals surface area contributed by atoms with Gasteiger partial charge in [0.2, 0.25) is 0 Å². The highest BCUT2D eigenvalue weighted by atomic mass is 79.9. The SMILES string of the molecule is C#CCOc1cc(Br)c(/C=C2/NC(=O)N(Cc3ccccc3)C2=O)cc1OCC. The highest BCUT2D eigenvalue weighted by Crippen LogP contribution is 2.35. The van der Waals surface area contributed by atoms with Gasteiger partial charge in [-0.25, -0.2) is 4.79 Å². The number of hydrogen-bond donors (Lipinski definition) is 1. The molecule has 2 aromatic carbocycles. The predicted molar refractivity (Wildman–Crippen MR) is 113 cm³/mol. The number of terminal acetylenes is 1. The first kappa shape index (κ1) is 20.5. The van der Waals surface area contributed by atoms with Crippen molar-refractivity contribution >= 4 is 33.9 Å². The first-order valence-corrected chi connectivity index (χ1v) is 9.73. The third-order valence-corrected chi connectivity index (χ3v) is 4.81. The van der Waals surface area contributed by atoms with Crippen molar-refractivity contribution in [2.45, 2.75) is 13.5 Å². The van der Waals surface area contributed by atoms with Crippen LogP contribution in [-0.2, 0) is 11.3 Å². The van der Waals surface area contributed by atoms with Crippen molar-refractivity contribution < 1.29 is 19.1 Å². The summed E-state index contributed by atoms with van der Waals surface area (Å²) >= 11 is 3.47. The third-order valence-electron chi connectivity index (χ3n) is 4.12. The summed E-state index contributed by atoms with van der Waals surface area (Å²) in [7, 11) is 0. The number of rotatable bonds is 7. The van der Waals surface area contributed by atoms with Crippen molar-refractivity contribution in [2.24, 2.45) is 0 Å². The fourth-order valence-corrected chi connectivity index (χ4v) is 3.24. The van der Waals surface area contributed by atoms with E-state index in [4.69, 9.17) is 15.9 Å². The van der Waals surface area contributed by atoms with Crippen LogP contribution in [-0.4, -0.2) is 30.1 Å². The van der Waals surface area contributed by atoms with Crippen LogP contribution in [0.5, 0.6) is 11.5 Å². The molecule has 3 amide bonds. The molecule has 1 aliphatic rings. The molecule has 0 saturated carbocycles. The maximum Gasteiger partial charge on any atom is 0.329 e. The van der Waals surface area contributed by atoms with E-state index in [1.165, 1.54) is 4.90 Å². The summed E-state index contributed by atoms with van der Waals surface area (Å²) in [5, 5.41) is 2.63. The van der Waals surface area contributed by atoms with Gasteiger partial charge in [-0.1, -0.05) is 52.2 Å². The number of amides is 3. The summed E-state index contributed by atoms with van der Waals surface area (Å²) in [5.74, 6) is 3.01. The summed E-state index contributed by atoms with van der Waals surface area (Å²) in [6, 6.07) is 12.3. The van der Waals surface area contributed by atoms with E-state index >= 15 is 0 Å². The van der Waals surface area contributed by atoms with Crippen LogP contribution in [0.2, 0.25) is 0 Å². The van der Waals surface area contributed by atoms with Crippen molar-refractivity contribution in [3.05, 3.63) is 63.8 Å². The zero-order valence-corrected chi connectivity index (χ0v) is 17.4. The molecule has 0 radical (unpaired) electrons. The molecular weight excluding hydrogens is 436 g/mol. The molecule has 0 atom stereocenters. The number of nitrogens with one attached hydrogen (secondary N) is 1. The molecule has 0 aromatic heterocycles. The Labute approximate surface area is 177 Å². The van der Waals surface area contributed by atoms with Crippen molar-refractivity contribution in [1.82, 2.24) is 10.2 Å². The monoisotopic (exact) mass is 454 g/mol. The lowest BCUT2D eigenvalue weighted by molar-refractivity contribution is -0.123. The lowest BCUT2D eigenvalue weighted by Gasteiger charge is -2.13. The van der Waals surface area contributed by atoms with Gasteiger partial charge >= 0.3 is 6.03 Å². The zero-order chi connectivity index (χ0) is 20.8. The number of imide groups is 1. The minimum Gasteiger partial charge on any atom is -0.490 e. The number of hydrogen-bond acceptors (Lipinski definition) is 4. The average Bonchev–Trinajstić information content (AvgIpc) is 2.97. The molecule has 6 nitrogen and oxygen atoms in total. The number of carbonyl (C=O) groups excluding carboxylic acids is 2. The van der Waals surface area contributed by atoms with Crippen molar-refractivity contribution in [3.63, 3.8) is 0 Å². The Morgan fingerprint density at radius 3 is 2.59 bits per heavy atom. The van der Waals surface area contributed by atoms with Gasteiger partial charge in [0.05, 0.1) is 13.2 Å². The zero-order valence-electron chi connectivity index (χ0n) is 15.8. The summed E-state index contributed by atoms with van der Waals surface area (Å²) in [4.78, 5) is 26.2. The van der Waals surface area contributed by atoms with Crippen LogP contribution < -0.4 is 14.8 Å². The molecule has 0 spiro atoms. The molecule has 0 unspecified atom stereocenters. The minimum atomic E-state index is -0.458. The van der Waals surface area contributed by atoms with Gasteiger partial charge < -0.3 is 14.8 Å². The van der Waals surface area contributed by atoms with Crippen LogP contribution in [0.1, 0.15) is 18.1 Å². The van der Waals surface area contributed by atoms with Crippen molar-refractivity contribution in [3.8, 4) is 23.8 Å². The molecule has 7 heteroatoms. The smallest absolute Gasteiger partial charge is 0.329 e. The van der Waals surface area contributed by atoms with E-state index in [1.807, 2.05) is 37.3 Å². The van der Waals surface area contributed by atoms with Crippen LogP contribution in [0.15, 0.2) is 52.6 Å². The van der Waals surface area contributed by atoms with Crippen LogP contribution in [0, 0.1) is 12.3 Å². The molecular formula is C22H19BrN2O4. The molecule has 1 aliphatic heterocycles. The highest BCUT2D eigenvalue weighted by Gasteiger charge is 2.33. The average molecular weight is 455 g/mol. The summed E-state index contributed by atoms with van der Waals surface area (Å²) < 4.78 is 11.8. The Hall–Kier alpha value is -3.24. The normalized spacial score (nSPS) is 14.7.